The predicted molar refractivity (Wildman–Crippen MR) is 104 cm³/mol. The van der Waals surface area contributed by atoms with Crippen molar-refractivity contribution in [2.24, 2.45) is 0 Å². The Labute approximate surface area is 163 Å². The zero-order valence-corrected chi connectivity index (χ0v) is 15.7. The van der Waals surface area contributed by atoms with Crippen LogP contribution in [0, 0.1) is 5.82 Å². The van der Waals surface area contributed by atoms with Crippen LogP contribution in [0.1, 0.15) is 23.3 Å². The summed E-state index contributed by atoms with van der Waals surface area (Å²) in [7, 11) is 0. The van der Waals surface area contributed by atoms with Gasteiger partial charge in [-0.1, -0.05) is 0 Å². The van der Waals surface area contributed by atoms with E-state index in [0.29, 0.717) is 44.4 Å². The average Bonchev–Trinajstić information content (AvgIpc) is 3.26. The van der Waals surface area contributed by atoms with Gasteiger partial charge in [0.05, 0.1) is 6.10 Å². The molecule has 0 radical (unpaired) electrons. The standard InChI is InChI=1S/C20H24FN5O2/c21-15-3-5-16(6-4-15)25-9-11-26(12-10-25)19(27)18-7-8-22-20(24-18)23-14-17-2-1-13-28-17/h3-8,17H,1-2,9-14H2,(H,22,23,24). The van der Waals surface area contributed by atoms with Crippen molar-refractivity contribution in [1.82, 2.24) is 14.9 Å². The fraction of sp³-hybridized carbons (Fsp3) is 0.450. The molecule has 148 valence electrons. The first-order valence-corrected chi connectivity index (χ1v) is 9.67. The fourth-order valence-corrected chi connectivity index (χ4v) is 3.56. The largest absolute Gasteiger partial charge is 0.376 e. The molecular weight excluding hydrogens is 361 g/mol. The highest BCUT2D eigenvalue weighted by atomic mass is 19.1. The summed E-state index contributed by atoms with van der Waals surface area (Å²) < 4.78 is 18.7. The molecule has 0 spiro atoms. The summed E-state index contributed by atoms with van der Waals surface area (Å²) in [6.07, 6.45) is 3.90. The third-order valence-electron chi connectivity index (χ3n) is 5.15. The van der Waals surface area contributed by atoms with Crippen LogP contribution in [0.25, 0.3) is 0 Å². The number of hydrogen-bond acceptors (Lipinski definition) is 6. The fourth-order valence-electron chi connectivity index (χ4n) is 3.56. The number of hydrogen-bond donors (Lipinski definition) is 1. The first-order chi connectivity index (χ1) is 13.7. The number of halogens is 1. The smallest absolute Gasteiger partial charge is 0.272 e. The van der Waals surface area contributed by atoms with E-state index in [9.17, 15) is 9.18 Å². The summed E-state index contributed by atoms with van der Waals surface area (Å²) in [5.74, 6) is 0.109. The molecule has 8 heteroatoms. The zero-order chi connectivity index (χ0) is 19.3. The second-order valence-electron chi connectivity index (χ2n) is 7.04. The van der Waals surface area contributed by atoms with Crippen LogP contribution in [0.15, 0.2) is 36.5 Å². The van der Waals surface area contributed by atoms with E-state index < -0.39 is 0 Å². The van der Waals surface area contributed by atoms with Crippen LogP contribution in [0.3, 0.4) is 0 Å². The zero-order valence-electron chi connectivity index (χ0n) is 15.7. The van der Waals surface area contributed by atoms with Gasteiger partial charge in [-0.05, 0) is 43.2 Å². The van der Waals surface area contributed by atoms with E-state index in [2.05, 4.69) is 20.2 Å². The number of benzene rings is 1. The molecule has 3 heterocycles. The molecular formula is C20H24FN5O2. The first-order valence-electron chi connectivity index (χ1n) is 9.67. The van der Waals surface area contributed by atoms with Gasteiger partial charge in [0.15, 0.2) is 0 Å². The van der Waals surface area contributed by atoms with E-state index in [1.54, 1.807) is 29.3 Å². The van der Waals surface area contributed by atoms with Crippen molar-refractivity contribution in [3.8, 4) is 0 Å². The minimum Gasteiger partial charge on any atom is -0.376 e. The van der Waals surface area contributed by atoms with Gasteiger partial charge in [-0.3, -0.25) is 4.79 Å². The van der Waals surface area contributed by atoms with Crippen molar-refractivity contribution in [2.45, 2.75) is 18.9 Å². The maximum absolute atomic E-state index is 13.1. The molecule has 2 aliphatic rings. The second kappa shape index (κ2) is 8.52. The molecule has 1 unspecified atom stereocenters. The van der Waals surface area contributed by atoms with E-state index in [0.717, 1.165) is 25.1 Å². The van der Waals surface area contributed by atoms with Crippen molar-refractivity contribution in [2.75, 3.05) is 49.5 Å². The number of piperazine rings is 1. The molecule has 2 saturated heterocycles. The van der Waals surface area contributed by atoms with Gasteiger partial charge in [0, 0.05) is 51.2 Å². The molecule has 2 aliphatic heterocycles. The quantitative estimate of drug-likeness (QED) is 0.851. The summed E-state index contributed by atoms with van der Waals surface area (Å²) in [4.78, 5) is 25.3. The maximum atomic E-state index is 13.1. The molecule has 28 heavy (non-hydrogen) atoms. The van der Waals surface area contributed by atoms with Crippen molar-refractivity contribution >= 4 is 17.5 Å². The number of nitrogens with one attached hydrogen (secondary N) is 1. The third kappa shape index (κ3) is 4.39. The Kier molecular flexibility index (Phi) is 5.66. The topological polar surface area (TPSA) is 70.6 Å². The molecule has 1 atom stereocenters. The van der Waals surface area contributed by atoms with Crippen LogP contribution in [0.5, 0.6) is 0 Å². The van der Waals surface area contributed by atoms with Crippen molar-refractivity contribution in [1.29, 1.82) is 0 Å². The van der Waals surface area contributed by atoms with Gasteiger partial charge < -0.3 is 19.9 Å². The van der Waals surface area contributed by atoms with Crippen molar-refractivity contribution in [3.05, 3.63) is 48.0 Å². The normalized spacial score (nSPS) is 19.7. The molecule has 2 fully saturated rings. The highest BCUT2D eigenvalue weighted by Crippen LogP contribution is 2.18. The highest BCUT2D eigenvalue weighted by molar-refractivity contribution is 5.92. The number of carbonyl (C=O) groups is 1. The Morgan fingerprint density at radius 2 is 1.96 bits per heavy atom. The number of carbonyl (C=O) groups excluding carboxylic acids is 1. The number of nitrogens with zero attached hydrogens (tertiary/aromatic N) is 4. The Bertz CT molecular complexity index is 802. The minimum atomic E-state index is -0.245. The van der Waals surface area contributed by atoms with Gasteiger partial charge in [0.2, 0.25) is 5.95 Å². The molecule has 0 aliphatic carbocycles. The first kappa shape index (κ1) is 18.6. The van der Waals surface area contributed by atoms with E-state index >= 15 is 0 Å². The lowest BCUT2D eigenvalue weighted by Crippen LogP contribution is -2.49. The highest BCUT2D eigenvalue weighted by Gasteiger charge is 2.24. The Hall–Kier alpha value is -2.74. The Morgan fingerprint density at radius 3 is 2.68 bits per heavy atom. The van der Waals surface area contributed by atoms with Gasteiger partial charge in [-0.25, -0.2) is 14.4 Å². The van der Waals surface area contributed by atoms with Crippen LogP contribution < -0.4 is 10.2 Å². The van der Waals surface area contributed by atoms with Crippen LogP contribution in [-0.2, 0) is 4.74 Å². The van der Waals surface area contributed by atoms with Crippen molar-refractivity contribution in [3.63, 3.8) is 0 Å². The van der Waals surface area contributed by atoms with Gasteiger partial charge in [0.25, 0.3) is 5.91 Å². The van der Waals surface area contributed by atoms with Crippen LogP contribution in [-0.4, -0.2) is 66.2 Å². The van der Waals surface area contributed by atoms with Crippen LogP contribution >= 0.6 is 0 Å². The predicted octanol–water partition coefficient (Wildman–Crippen LogP) is 2.17. The van der Waals surface area contributed by atoms with Gasteiger partial charge in [-0.2, -0.15) is 0 Å². The number of amides is 1. The third-order valence-corrected chi connectivity index (χ3v) is 5.15. The Morgan fingerprint density at radius 1 is 1.18 bits per heavy atom. The number of anilines is 2. The molecule has 1 aromatic heterocycles. The SMILES string of the molecule is O=C(c1ccnc(NCC2CCCO2)n1)N1CCN(c2ccc(F)cc2)CC1. The molecule has 7 nitrogen and oxygen atoms in total. The van der Waals surface area contributed by atoms with Gasteiger partial charge in [-0.15, -0.1) is 0 Å². The summed E-state index contributed by atoms with van der Waals surface area (Å²) in [6, 6.07) is 8.09. The summed E-state index contributed by atoms with van der Waals surface area (Å²) in [5, 5.41) is 3.16. The van der Waals surface area contributed by atoms with Crippen LogP contribution in [0.4, 0.5) is 16.0 Å². The summed E-state index contributed by atoms with van der Waals surface area (Å²) >= 11 is 0. The van der Waals surface area contributed by atoms with Crippen LogP contribution in [0.2, 0.25) is 0 Å². The summed E-state index contributed by atoms with van der Waals surface area (Å²) in [5.41, 5.74) is 1.36. The average molecular weight is 385 g/mol. The maximum Gasteiger partial charge on any atom is 0.272 e. The van der Waals surface area contributed by atoms with E-state index in [4.69, 9.17) is 4.74 Å². The van der Waals surface area contributed by atoms with Gasteiger partial charge in [0.1, 0.15) is 11.5 Å². The second-order valence-corrected chi connectivity index (χ2v) is 7.04. The molecule has 4 rings (SSSR count). The minimum absolute atomic E-state index is 0.0960. The summed E-state index contributed by atoms with van der Waals surface area (Å²) in [6.45, 7) is 4.04. The molecule has 0 bridgehead atoms. The van der Waals surface area contributed by atoms with Gasteiger partial charge >= 0.3 is 0 Å². The monoisotopic (exact) mass is 385 g/mol. The molecule has 0 saturated carbocycles. The molecule has 1 N–H and O–H groups in total. The molecule has 1 amide bonds. The number of aromatic nitrogens is 2. The van der Waals surface area contributed by atoms with Crippen molar-refractivity contribution < 1.29 is 13.9 Å². The lowest BCUT2D eigenvalue weighted by atomic mass is 10.2. The van der Waals surface area contributed by atoms with E-state index in [1.165, 1.54) is 12.1 Å². The van der Waals surface area contributed by atoms with E-state index in [-0.39, 0.29) is 17.8 Å². The van der Waals surface area contributed by atoms with E-state index in [1.807, 2.05) is 0 Å². The Balaban J connectivity index is 1.33. The lowest BCUT2D eigenvalue weighted by molar-refractivity contribution is 0.0741. The number of ether oxygens (including phenoxy) is 1. The lowest BCUT2D eigenvalue weighted by Gasteiger charge is -2.36. The number of rotatable bonds is 5. The molecule has 1 aromatic carbocycles. The molecule has 2 aromatic rings.